The Morgan fingerprint density at radius 3 is 2.56 bits per heavy atom. The van der Waals surface area contributed by atoms with Crippen LogP contribution in [0.2, 0.25) is 0 Å². The van der Waals surface area contributed by atoms with Crippen LogP contribution in [0.3, 0.4) is 0 Å². The van der Waals surface area contributed by atoms with Crippen LogP contribution in [0.5, 0.6) is 0 Å². The number of nitrogens with zero attached hydrogens (tertiary/aromatic N) is 2. The Balaban J connectivity index is 2.23. The van der Waals surface area contributed by atoms with Crippen molar-refractivity contribution in [2.24, 2.45) is 17.6 Å². The summed E-state index contributed by atoms with van der Waals surface area (Å²) in [6.07, 6.45) is 7.55. The Hall–Kier alpha value is -0.830. The third-order valence-corrected chi connectivity index (χ3v) is 3.76. The zero-order chi connectivity index (χ0) is 11.8. The van der Waals surface area contributed by atoms with Gasteiger partial charge in [-0.2, -0.15) is 5.10 Å². The van der Waals surface area contributed by atoms with E-state index in [1.807, 2.05) is 10.9 Å². The van der Waals surface area contributed by atoms with Gasteiger partial charge in [0, 0.05) is 23.8 Å². The summed E-state index contributed by atoms with van der Waals surface area (Å²) in [7, 11) is 0. The van der Waals surface area contributed by atoms with Crippen LogP contribution in [0.1, 0.15) is 45.6 Å². The van der Waals surface area contributed by atoms with Crippen LogP contribution in [0, 0.1) is 11.8 Å². The molecule has 0 bridgehead atoms. The molecular weight excluding hydrogens is 198 g/mol. The fourth-order valence-electron chi connectivity index (χ4n) is 3.21. The van der Waals surface area contributed by atoms with E-state index in [0.29, 0.717) is 0 Å². The van der Waals surface area contributed by atoms with Crippen LogP contribution in [-0.4, -0.2) is 9.78 Å². The van der Waals surface area contributed by atoms with Crippen LogP contribution in [0.4, 0.5) is 0 Å². The number of rotatable bonds is 2. The van der Waals surface area contributed by atoms with Crippen molar-refractivity contribution in [1.82, 2.24) is 9.78 Å². The van der Waals surface area contributed by atoms with Crippen LogP contribution in [0.25, 0.3) is 0 Å². The molecule has 1 saturated carbocycles. The van der Waals surface area contributed by atoms with Crippen LogP contribution < -0.4 is 5.73 Å². The summed E-state index contributed by atoms with van der Waals surface area (Å²) in [5.74, 6) is 1.44. The van der Waals surface area contributed by atoms with Crippen molar-refractivity contribution >= 4 is 0 Å². The first-order valence-electron chi connectivity index (χ1n) is 6.35. The standard InChI is InChI=1S/C13H23N3/c1-4-16-9-12(8-15-16)13(14)6-10(2)5-11(3)7-13/h8-11H,4-7,14H2,1-3H3. The molecule has 2 N–H and O–H groups in total. The lowest BCUT2D eigenvalue weighted by atomic mass is 9.70. The highest BCUT2D eigenvalue weighted by Gasteiger charge is 2.36. The fraction of sp³-hybridized carbons (Fsp3) is 0.769. The fourth-order valence-corrected chi connectivity index (χ4v) is 3.21. The molecule has 16 heavy (non-hydrogen) atoms. The Kier molecular flexibility index (Phi) is 3.06. The summed E-state index contributed by atoms with van der Waals surface area (Å²) >= 11 is 0. The zero-order valence-corrected chi connectivity index (χ0v) is 10.6. The first-order chi connectivity index (χ1) is 7.53. The number of hydrogen-bond donors (Lipinski definition) is 1. The van der Waals surface area contributed by atoms with Gasteiger partial charge in [-0.15, -0.1) is 0 Å². The first-order valence-corrected chi connectivity index (χ1v) is 6.35. The molecule has 0 radical (unpaired) electrons. The third-order valence-electron chi connectivity index (χ3n) is 3.76. The summed E-state index contributed by atoms with van der Waals surface area (Å²) in [6, 6.07) is 0. The van der Waals surface area contributed by atoms with Crippen molar-refractivity contribution in [3.05, 3.63) is 18.0 Å². The molecule has 90 valence electrons. The number of aryl methyl sites for hydroxylation is 1. The van der Waals surface area contributed by atoms with Crippen molar-refractivity contribution < 1.29 is 0 Å². The molecule has 3 nitrogen and oxygen atoms in total. The minimum absolute atomic E-state index is 0.148. The van der Waals surface area contributed by atoms with E-state index in [0.717, 1.165) is 31.2 Å². The molecule has 0 aliphatic heterocycles. The second-order valence-corrected chi connectivity index (χ2v) is 5.60. The molecular formula is C13H23N3. The average molecular weight is 221 g/mol. The van der Waals surface area contributed by atoms with Gasteiger partial charge in [0.25, 0.3) is 0 Å². The van der Waals surface area contributed by atoms with Gasteiger partial charge in [-0.3, -0.25) is 4.68 Å². The summed E-state index contributed by atoms with van der Waals surface area (Å²) < 4.78 is 1.97. The van der Waals surface area contributed by atoms with Crippen LogP contribution >= 0.6 is 0 Å². The van der Waals surface area contributed by atoms with Crippen LogP contribution in [-0.2, 0) is 12.1 Å². The molecule has 0 saturated heterocycles. The van der Waals surface area contributed by atoms with Gasteiger partial charge in [-0.05, 0) is 38.0 Å². The quantitative estimate of drug-likeness (QED) is 0.834. The smallest absolute Gasteiger partial charge is 0.0540 e. The predicted molar refractivity (Wildman–Crippen MR) is 65.9 cm³/mol. The van der Waals surface area contributed by atoms with Gasteiger partial charge in [-0.1, -0.05) is 13.8 Å². The largest absolute Gasteiger partial charge is 0.321 e. The van der Waals surface area contributed by atoms with Gasteiger partial charge in [0.05, 0.1) is 6.20 Å². The third kappa shape index (κ3) is 2.14. The predicted octanol–water partition coefficient (Wildman–Crippen LogP) is 2.51. The van der Waals surface area contributed by atoms with Crippen molar-refractivity contribution in [1.29, 1.82) is 0 Å². The maximum absolute atomic E-state index is 6.58. The molecule has 0 aromatic carbocycles. The van der Waals surface area contributed by atoms with Gasteiger partial charge in [0.2, 0.25) is 0 Å². The Bertz CT molecular complexity index is 346. The molecule has 1 fully saturated rings. The second-order valence-electron chi connectivity index (χ2n) is 5.60. The van der Waals surface area contributed by atoms with Gasteiger partial charge in [0.1, 0.15) is 0 Å². The minimum atomic E-state index is -0.148. The molecule has 1 aromatic heterocycles. The van der Waals surface area contributed by atoms with E-state index in [1.54, 1.807) is 0 Å². The normalized spacial score (nSPS) is 35.2. The van der Waals surface area contributed by atoms with E-state index in [4.69, 9.17) is 5.73 Å². The lowest BCUT2D eigenvalue weighted by Crippen LogP contribution is -2.43. The molecule has 1 aliphatic carbocycles. The van der Waals surface area contributed by atoms with E-state index < -0.39 is 0 Å². The lowest BCUT2D eigenvalue weighted by molar-refractivity contribution is 0.183. The van der Waals surface area contributed by atoms with Crippen molar-refractivity contribution in [3.63, 3.8) is 0 Å². The van der Waals surface area contributed by atoms with Gasteiger partial charge >= 0.3 is 0 Å². The molecule has 1 heterocycles. The molecule has 3 heteroatoms. The van der Waals surface area contributed by atoms with Gasteiger partial charge < -0.3 is 5.73 Å². The summed E-state index contributed by atoms with van der Waals surface area (Å²) in [6.45, 7) is 7.64. The topological polar surface area (TPSA) is 43.8 Å². The molecule has 1 aromatic rings. The SMILES string of the molecule is CCn1cc(C2(N)CC(C)CC(C)C2)cn1. The number of aromatic nitrogens is 2. The zero-order valence-electron chi connectivity index (χ0n) is 10.6. The van der Waals surface area contributed by atoms with Crippen molar-refractivity contribution in [2.45, 2.75) is 52.1 Å². The maximum atomic E-state index is 6.58. The van der Waals surface area contributed by atoms with E-state index in [1.165, 1.54) is 12.0 Å². The summed E-state index contributed by atoms with van der Waals surface area (Å²) in [5.41, 5.74) is 7.64. The molecule has 2 unspecified atom stereocenters. The maximum Gasteiger partial charge on any atom is 0.0540 e. The summed E-state index contributed by atoms with van der Waals surface area (Å²) in [5, 5.41) is 4.34. The molecule has 0 spiro atoms. The highest BCUT2D eigenvalue weighted by Crippen LogP contribution is 2.40. The van der Waals surface area contributed by atoms with Crippen molar-refractivity contribution in [3.8, 4) is 0 Å². The molecule has 2 atom stereocenters. The Morgan fingerprint density at radius 2 is 2.06 bits per heavy atom. The Morgan fingerprint density at radius 1 is 1.44 bits per heavy atom. The lowest BCUT2D eigenvalue weighted by Gasteiger charge is -2.39. The molecule has 1 aliphatic rings. The molecule has 2 rings (SSSR count). The van der Waals surface area contributed by atoms with E-state index >= 15 is 0 Å². The number of hydrogen-bond acceptors (Lipinski definition) is 2. The van der Waals surface area contributed by atoms with Crippen molar-refractivity contribution in [2.75, 3.05) is 0 Å². The van der Waals surface area contributed by atoms with E-state index in [2.05, 4.69) is 32.1 Å². The highest BCUT2D eigenvalue weighted by atomic mass is 15.3. The average Bonchev–Trinajstić information content (AvgIpc) is 2.63. The molecule has 0 amide bonds. The van der Waals surface area contributed by atoms with E-state index in [9.17, 15) is 0 Å². The van der Waals surface area contributed by atoms with E-state index in [-0.39, 0.29) is 5.54 Å². The summed E-state index contributed by atoms with van der Waals surface area (Å²) in [4.78, 5) is 0. The monoisotopic (exact) mass is 221 g/mol. The number of nitrogens with two attached hydrogens (primary N) is 1. The first kappa shape index (κ1) is 11.6. The van der Waals surface area contributed by atoms with Crippen LogP contribution in [0.15, 0.2) is 12.4 Å². The van der Waals surface area contributed by atoms with Gasteiger partial charge in [-0.25, -0.2) is 0 Å². The minimum Gasteiger partial charge on any atom is -0.321 e. The highest BCUT2D eigenvalue weighted by molar-refractivity contribution is 5.19. The Labute approximate surface area is 98.0 Å². The second kappa shape index (κ2) is 4.21. The van der Waals surface area contributed by atoms with Gasteiger partial charge in [0.15, 0.2) is 0 Å².